The minimum Gasteiger partial charge on any atom is -0.488 e. The molecule has 0 spiro atoms. The molecule has 0 unspecified atom stereocenters. The van der Waals surface area contributed by atoms with Crippen LogP contribution in [0, 0.1) is 11.8 Å². The van der Waals surface area contributed by atoms with Crippen LogP contribution in [0.5, 0.6) is 5.75 Å². The standard InChI is InChI=1S/C34H32ClF2N3O5/c1-42-34(41)21-3-7-28-29(14-21)40(17-24-10-13-43-24)32(38-28)18-39-11-8-20(9-12-39)25-5-4-23(36)15-30(25)44-19-22-2-6-27(35)26-16-31(37)45-33(22)26/h2-7,14-16,20,24H,8-13,17-19H2,1H3/t24-/m0/s1. The van der Waals surface area contributed by atoms with E-state index in [4.69, 9.17) is 35.2 Å². The molecule has 234 valence electrons. The van der Waals surface area contributed by atoms with Crippen molar-refractivity contribution in [3.05, 3.63) is 94.0 Å². The molecule has 5 aromatic rings. The Hall–Kier alpha value is -3.99. The Balaban J connectivity index is 1.06. The molecule has 2 saturated heterocycles. The van der Waals surface area contributed by atoms with Crippen molar-refractivity contribution in [2.24, 2.45) is 0 Å². The van der Waals surface area contributed by atoms with E-state index in [2.05, 4.69) is 9.47 Å². The number of methoxy groups -OCH3 is 1. The van der Waals surface area contributed by atoms with Crippen LogP contribution in [0.25, 0.3) is 22.0 Å². The summed E-state index contributed by atoms with van der Waals surface area (Å²) in [6, 6.07) is 14.0. The molecule has 2 aliphatic heterocycles. The highest BCUT2D eigenvalue weighted by Crippen LogP contribution is 2.37. The number of piperidine rings is 1. The predicted octanol–water partition coefficient (Wildman–Crippen LogP) is 7.25. The summed E-state index contributed by atoms with van der Waals surface area (Å²) in [5.74, 6) is 0.797. The van der Waals surface area contributed by atoms with Crippen molar-refractivity contribution in [2.45, 2.75) is 51.0 Å². The molecule has 0 bridgehead atoms. The van der Waals surface area contributed by atoms with Crippen LogP contribution in [0.4, 0.5) is 8.78 Å². The highest BCUT2D eigenvalue weighted by atomic mass is 35.5. The third-order valence-corrected chi connectivity index (χ3v) is 9.19. The number of benzene rings is 3. The number of rotatable bonds is 9. The Labute approximate surface area is 263 Å². The first-order valence-electron chi connectivity index (χ1n) is 15.1. The van der Waals surface area contributed by atoms with Crippen molar-refractivity contribution >= 4 is 39.6 Å². The van der Waals surface area contributed by atoms with E-state index in [1.807, 2.05) is 12.1 Å². The third kappa shape index (κ3) is 6.02. The molecule has 0 N–H and O–H groups in total. The highest BCUT2D eigenvalue weighted by molar-refractivity contribution is 6.35. The fourth-order valence-electron chi connectivity index (χ4n) is 6.33. The largest absolute Gasteiger partial charge is 0.488 e. The molecular formula is C34H32ClF2N3O5. The number of imidazole rings is 1. The monoisotopic (exact) mass is 635 g/mol. The number of fused-ring (bicyclic) bond motifs is 2. The molecule has 11 heteroatoms. The molecule has 8 nitrogen and oxygen atoms in total. The van der Waals surface area contributed by atoms with E-state index in [-0.39, 0.29) is 30.4 Å². The number of likely N-dealkylation sites (tertiary alicyclic amines) is 1. The molecule has 45 heavy (non-hydrogen) atoms. The maximum atomic E-state index is 14.4. The summed E-state index contributed by atoms with van der Waals surface area (Å²) in [7, 11) is 1.38. The minimum absolute atomic E-state index is 0.0779. The predicted molar refractivity (Wildman–Crippen MR) is 165 cm³/mol. The van der Waals surface area contributed by atoms with Gasteiger partial charge < -0.3 is 23.2 Å². The molecule has 0 radical (unpaired) electrons. The van der Waals surface area contributed by atoms with Gasteiger partial charge in [0.2, 0.25) is 0 Å². The average molecular weight is 636 g/mol. The zero-order valence-electron chi connectivity index (χ0n) is 24.7. The van der Waals surface area contributed by atoms with Gasteiger partial charge in [0.15, 0.2) is 0 Å². The van der Waals surface area contributed by atoms with Crippen LogP contribution >= 0.6 is 11.6 Å². The fraction of sp³-hybridized carbons (Fsp3) is 0.353. The Kier molecular flexibility index (Phi) is 8.20. The van der Waals surface area contributed by atoms with Crippen molar-refractivity contribution < 1.29 is 32.2 Å². The zero-order valence-corrected chi connectivity index (χ0v) is 25.5. The van der Waals surface area contributed by atoms with Gasteiger partial charge in [-0.05, 0) is 74.2 Å². The molecular weight excluding hydrogens is 604 g/mol. The number of aromatic nitrogens is 2. The molecule has 0 amide bonds. The molecule has 4 heterocycles. The number of carbonyl (C=O) groups excluding carboxylic acids is 1. The van der Waals surface area contributed by atoms with Crippen LogP contribution in [-0.4, -0.2) is 53.3 Å². The first-order chi connectivity index (χ1) is 21.9. The van der Waals surface area contributed by atoms with E-state index in [0.29, 0.717) is 46.0 Å². The number of halogens is 3. The summed E-state index contributed by atoms with van der Waals surface area (Å²) in [4.78, 5) is 19.5. The SMILES string of the molecule is COC(=O)c1ccc2nc(CN3CCC(c4ccc(F)cc4OCc4ccc(Cl)c5cc(F)oc45)CC3)n(C[C@@H]3CCO3)c2c1. The van der Waals surface area contributed by atoms with E-state index in [1.54, 1.807) is 24.3 Å². The number of carbonyl (C=O) groups is 1. The van der Waals surface area contributed by atoms with Gasteiger partial charge >= 0.3 is 5.97 Å². The molecule has 0 saturated carbocycles. The van der Waals surface area contributed by atoms with E-state index in [1.165, 1.54) is 25.3 Å². The van der Waals surface area contributed by atoms with Gasteiger partial charge in [0.25, 0.3) is 6.01 Å². The van der Waals surface area contributed by atoms with Crippen LogP contribution in [-0.2, 0) is 29.2 Å². The molecule has 7 rings (SSSR count). The van der Waals surface area contributed by atoms with Gasteiger partial charge in [0.1, 0.15) is 29.6 Å². The summed E-state index contributed by atoms with van der Waals surface area (Å²) in [5, 5.41) is 0.859. The van der Waals surface area contributed by atoms with Crippen LogP contribution in [0.2, 0.25) is 5.02 Å². The second-order valence-corrected chi connectivity index (χ2v) is 12.0. The lowest BCUT2D eigenvalue weighted by atomic mass is 9.88. The lowest BCUT2D eigenvalue weighted by Crippen LogP contribution is -2.35. The van der Waals surface area contributed by atoms with Gasteiger partial charge in [-0.25, -0.2) is 14.2 Å². The maximum absolute atomic E-state index is 14.4. The number of esters is 1. The lowest BCUT2D eigenvalue weighted by molar-refractivity contribution is -0.0592. The highest BCUT2D eigenvalue weighted by Gasteiger charge is 2.27. The molecule has 3 aromatic carbocycles. The Bertz CT molecular complexity index is 1880. The van der Waals surface area contributed by atoms with Crippen LogP contribution in [0.1, 0.15) is 52.5 Å². The van der Waals surface area contributed by atoms with E-state index >= 15 is 0 Å². The maximum Gasteiger partial charge on any atom is 0.337 e. The molecule has 0 aliphatic carbocycles. The van der Waals surface area contributed by atoms with Gasteiger partial charge in [0.05, 0.1) is 47.9 Å². The van der Waals surface area contributed by atoms with Gasteiger partial charge in [-0.1, -0.05) is 23.7 Å². The quantitative estimate of drug-likeness (QED) is 0.158. The van der Waals surface area contributed by atoms with Gasteiger partial charge in [-0.3, -0.25) is 4.90 Å². The van der Waals surface area contributed by atoms with Gasteiger partial charge in [-0.15, -0.1) is 0 Å². The Morgan fingerprint density at radius 2 is 1.89 bits per heavy atom. The topological polar surface area (TPSA) is 79.0 Å². The summed E-state index contributed by atoms with van der Waals surface area (Å²) < 4.78 is 52.4. The smallest absolute Gasteiger partial charge is 0.337 e. The number of hydrogen-bond acceptors (Lipinski definition) is 7. The lowest BCUT2D eigenvalue weighted by Gasteiger charge is -2.33. The number of hydrogen-bond donors (Lipinski definition) is 0. The third-order valence-electron chi connectivity index (χ3n) is 8.86. The average Bonchev–Trinajstić information content (AvgIpc) is 3.58. The summed E-state index contributed by atoms with van der Waals surface area (Å²) >= 11 is 6.20. The van der Waals surface area contributed by atoms with Crippen molar-refractivity contribution in [2.75, 3.05) is 26.8 Å². The molecule has 2 aliphatic rings. The summed E-state index contributed by atoms with van der Waals surface area (Å²) in [6.45, 7) is 3.81. The minimum atomic E-state index is -0.726. The molecule has 1 atom stereocenters. The second kappa shape index (κ2) is 12.4. The van der Waals surface area contributed by atoms with Crippen molar-refractivity contribution in [3.63, 3.8) is 0 Å². The molecule has 2 aromatic heterocycles. The number of nitrogens with zero attached hydrogens (tertiary/aromatic N) is 3. The first kappa shape index (κ1) is 29.7. The fourth-order valence-corrected chi connectivity index (χ4v) is 6.54. The summed E-state index contributed by atoms with van der Waals surface area (Å²) in [5.41, 5.74) is 4.09. The van der Waals surface area contributed by atoms with E-state index in [0.717, 1.165) is 61.4 Å². The van der Waals surface area contributed by atoms with Gasteiger partial charge in [0, 0.05) is 29.7 Å². The van der Waals surface area contributed by atoms with Crippen LogP contribution < -0.4 is 4.74 Å². The normalized spacial score (nSPS) is 17.6. The summed E-state index contributed by atoms with van der Waals surface area (Å²) in [6.07, 6.45) is 2.83. The van der Waals surface area contributed by atoms with Crippen LogP contribution in [0.15, 0.2) is 59.0 Å². The second-order valence-electron chi connectivity index (χ2n) is 11.6. The zero-order chi connectivity index (χ0) is 31.1. The van der Waals surface area contributed by atoms with Gasteiger partial charge in [-0.2, -0.15) is 4.39 Å². The first-order valence-corrected chi connectivity index (χ1v) is 15.4. The van der Waals surface area contributed by atoms with Crippen LogP contribution in [0.3, 0.4) is 0 Å². The Morgan fingerprint density at radius 1 is 1.07 bits per heavy atom. The van der Waals surface area contributed by atoms with E-state index < -0.39 is 6.01 Å². The molecule has 2 fully saturated rings. The van der Waals surface area contributed by atoms with Crippen molar-refractivity contribution in [3.8, 4) is 5.75 Å². The number of ether oxygens (including phenoxy) is 3. The number of furan rings is 1. The van der Waals surface area contributed by atoms with Crippen molar-refractivity contribution in [1.82, 2.24) is 14.5 Å². The van der Waals surface area contributed by atoms with E-state index in [9.17, 15) is 13.6 Å². The van der Waals surface area contributed by atoms with Crippen molar-refractivity contribution in [1.29, 1.82) is 0 Å². The Morgan fingerprint density at radius 3 is 2.64 bits per heavy atom.